The zero-order valence-electron chi connectivity index (χ0n) is 17.2. The lowest BCUT2D eigenvalue weighted by atomic mass is 9.97. The molecule has 2 heterocycles. The molecule has 1 amide bonds. The fraction of sp³-hybridized carbons (Fsp3) is 0.700. The van der Waals surface area contributed by atoms with Crippen LogP contribution in [0.3, 0.4) is 0 Å². The lowest BCUT2D eigenvalue weighted by Crippen LogP contribution is -2.45. The minimum atomic E-state index is -0.437. The summed E-state index contributed by atoms with van der Waals surface area (Å²) >= 11 is 1.79. The van der Waals surface area contributed by atoms with Gasteiger partial charge in [-0.3, -0.25) is 4.99 Å². The first-order chi connectivity index (χ1) is 12.8. The molecule has 7 heteroatoms. The third kappa shape index (κ3) is 7.40. The van der Waals surface area contributed by atoms with E-state index in [1.54, 1.807) is 18.4 Å². The third-order valence-electron chi connectivity index (χ3n) is 4.65. The highest BCUT2D eigenvalue weighted by molar-refractivity contribution is 7.10. The van der Waals surface area contributed by atoms with Gasteiger partial charge in [0, 0.05) is 44.0 Å². The Labute approximate surface area is 167 Å². The van der Waals surface area contributed by atoms with E-state index in [0.29, 0.717) is 11.8 Å². The van der Waals surface area contributed by atoms with Gasteiger partial charge < -0.3 is 20.3 Å². The topological polar surface area (TPSA) is 66.0 Å². The molecule has 0 spiro atoms. The van der Waals surface area contributed by atoms with Crippen molar-refractivity contribution < 1.29 is 9.53 Å². The molecule has 1 atom stereocenters. The number of carbonyl (C=O) groups excluding carboxylic acids is 1. The molecular weight excluding hydrogens is 360 g/mol. The van der Waals surface area contributed by atoms with E-state index in [0.717, 1.165) is 45.0 Å². The molecule has 1 unspecified atom stereocenters. The summed E-state index contributed by atoms with van der Waals surface area (Å²) in [7, 11) is 1.80. The average Bonchev–Trinajstić information content (AvgIpc) is 3.15. The van der Waals surface area contributed by atoms with E-state index in [9.17, 15) is 4.79 Å². The van der Waals surface area contributed by atoms with E-state index in [1.165, 1.54) is 4.88 Å². The SMILES string of the molecule is CN=C(NCC1CCN(C(=O)OC(C)(C)C)CC1)NCC(C)c1cccs1. The number of likely N-dealkylation sites (tertiary alicyclic amines) is 1. The first-order valence-corrected chi connectivity index (χ1v) is 10.6. The maximum atomic E-state index is 12.1. The Morgan fingerprint density at radius 1 is 1.37 bits per heavy atom. The predicted octanol–water partition coefficient (Wildman–Crippen LogP) is 3.66. The number of amides is 1. The van der Waals surface area contributed by atoms with Crippen LogP contribution in [0.25, 0.3) is 0 Å². The van der Waals surface area contributed by atoms with Gasteiger partial charge in [0.1, 0.15) is 5.60 Å². The van der Waals surface area contributed by atoms with Crippen LogP contribution in [0.4, 0.5) is 4.79 Å². The number of aliphatic imine (C=N–C) groups is 1. The summed E-state index contributed by atoms with van der Waals surface area (Å²) in [4.78, 5) is 19.7. The summed E-state index contributed by atoms with van der Waals surface area (Å²) in [6.07, 6.45) is 1.76. The number of ether oxygens (including phenoxy) is 1. The Morgan fingerprint density at radius 3 is 2.63 bits per heavy atom. The summed E-state index contributed by atoms with van der Waals surface area (Å²) in [6.45, 7) is 11.2. The molecule has 0 saturated carbocycles. The predicted molar refractivity (Wildman–Crippen MR) is 113 cm³/mol. The van der Waals surface area contributed by atoms with Gasteiger partial charge in [-0.2, -0.15) is 0 Å². The molecule has 1 saturated heterocycles. The number of hydrogen-bond acceptors (Lipinski definition) is 4. The van der Waals surface area contributed by atoms with Crippen molar-refractivity contribution in [1.82, 2.24) is 15.5 Å². The molecule has 6 nitrogen and oxygen atoms in total. The van der Waals surface area contributed by atoms with Crippen molar-refractivity contribution in [1.29, 1.82) is 0 Å². The van der Waals surface area contributed by atoms with Crippen LogP contribution < -0.4 is 10.6 Å². The van der Waals surface area contributed by atoms with E-state index >= 15 is 0 Å². The monoisotopic (exact) mass is 394 g/mol. The minimum absolute atomic E-state index is 0.200. The zero-order chi connectivity index (χ0) is 19.9. The molecule has 0 radical (unpaired) electrons. The summed E-state index contributed by atoms with van der Waals surface area (Å²) in [5.74, 6) is 1.84. The Morgan fingerprint density at radius 2 is 2.07 bits per heavy atom. The molecule has 1 aliphatic rings. The number of rotatable bonds is 5. The molecule has 152 valence electrons. The standard InChI is InChI=1S/C20H34N4O2S/c1-15(17-7-6-12-27-17)13-22-18(21-5)23-14-16-8-10-24(11-9-16)19(25)26-20(2,3)4/h6-7,12,15-16H,8-11,13-14H2,1-5H3,(H2,21,22,23). The van der Waals surface area contributed by atoms with Crippen molar-refractivity contribution in [2.45, 2.75) is 52.1 Å². The molecule has 0 bridgehead atoms. The normalized spacial score (nSPS) is 17.5. The van der Waals surface area contributed by atoms with Crippen molar-refractivity contribution in [3.05, 3.63) is 22.4 Å². The molecule has 27 heavy (non-hydrogen) atoms. The highest BCUT2D eigenvalue weighted by Gasteiger charge is 2.26. The fourth-order valence-electron chi connectivity index (χ4n) is 3.03. The average molecular weight is 395 g/mol. The van der Waals surface area contributed by atoms with Crippen molar-refractivity contribution in [3.8, 4) is 0 Å². The maximum absolute atomic E-state index is 12.1. The number of nitrogens with zero attached hydrogens (tertiary/aromatic N) is 2. The number of thiophene rings is 1. The summed E-state index contributed by atoms with van der Waals surface area (Å²) in [5, 5.41) is 8.95. The van der Waals surface area contributed by atoms with Gasteiger partial charge in [0.2, 0.25) is 0 Å². The van der Waals surface area contributed by atoms with Crippen LogP contribution in [0.5, 0.6) is 0 Å². The van der Waals surface area contributed by atoms with Crippen molar-refractivity contribution in [3.63, 3.8) is 0 Å². The van der Waals surface area contributed by atoms with Crippen LogP contribution in [-0.2, 0) is 4.74 Å². The van der Waals surface area contributed by atoms with E-state index in [4.69, 9.17) is 4.74 Å². The Bertz CT molecular complexity index is 602. The van der Waals surface area contributed by atoms with Crippen molar-refractivity contribution >= 4 is 23.4 Å². The second-order valence-electron chi connectivity index (χ2n) is 8.16. The third-order valence-corrected chi connectivity index (χ3v) is 5.76. The van der Waals surface area contributed by atoms with Gasteiger partial charge in [0.15, 0.2) is 5.96 Å². The van der Waals surface area contributed by atoms with Gasteiger partial charge in [-0.1, -0.05) is 13.0 Å². The van der Waals surface area contributed by atoms with Crippen molar-refractivity contribution in [2.24, 2.45) is 10.9 Å². The highest BCUT2D eigenvalue weighted by atomic mass is 32.1. The molecule has 0 aromatic carbocycles. The van der Waals surface area contributed by atoms with Gasteiger partial charge in [0.05, 0.1) is 0 Å². The number of nitrogens with one attached hydrogen (secondary N) is 2. The van der Waals surface area contributed by atoms with Crippen LogP contribution in [0.1, 0.15) is 51.3 Å². The lowest BCUT2D eigenvalue weighted by molar-refractivity contribution is 0.0185. The fourth-order valence-corrected chi connectivity index (χ4v) is 3.82. The lowest BCUT2D eigenvalue weighted by Gasteiger charge is -2.33. The van der Waals surface area contributed by atoms with Gasteiger partial charge in [-0.05, 0) is 51.0 Å². The van der Waals surface area contributed by atoms with Gasteiger partial charge in [0.25, 0.3) is 0 Å². The van der Waals surface area contributed by atoms with Crippen LogP contribution in [0.15, 0.2) is 22.5 Å². The number of carbonyl (C=O) groups is 1. The van der Waals surface area contributed by atoms with Crippen LogP contribution in [0.2, 0.25) is 0 Å². The number of hydrogen-bond donors (Lipinski definition) is 2. The summed E-state index contributed by atoms with van der Waals surface area (Å²) in [5.41, 5.74) is -0.437. The second kappa shape index (κ2) is 9.97. The quantitative estimate of drug-likeness (QED) is 0.591. The van der Waals surface area contributed by atoms with Crippen LogP contribution in [0, 0.1) is 5.92 Å². The molecule has 1 fully saturated rings. The van der Waals surface area contributed by atoms with Crippen molar-refractivity contribution in [2.75, 3.05) is 33.2 Å². The summed E-state index contributed by atoms with van der Waals surface area (Å²) in [6, 6.07) is 4.26. The van der Waals surface area contributed by atoms with Gasteiger partial charge >= 0.3 is 6.09 Å². The molecular formula is C20H34N4O2S. The molecule has 2 N–H and O–H groups in total. The Hall–Kier alpha value is -1.76. The Kier molecular flexibility index (Phi) is 7.95. The van der Waals surface area contributed by atoms with Gasteiger partial charge in [-0.25, -0.2) is 4.79 Å². The van der Waals surface area contributed by atoms with E-state index in [1.807, 2.05) is 25.7 Å². The molecule has 1 aromatic rings. The maximum Gasteiger partial charge on any atom is 0.410 e. The summed E-state index contributed by atoms with van der Waals surface area (Å²) < 4.78 is 5.46. The molecule has 2 rings (SSSR count). The molecule has 1 aliphatic heterocycles. The zero-order valence-corrected chi connectivity index (χ0v) is 18.1. The smallest absolute Gasteiger partial charge is 0.410 e. The number of piperidine rings is 1. The largest absolute Gasteiger partial charge is 0.444 e. The molecule has 1 aromatic heterocycles. The number of guanidine groups is 1. The highest BCUT2D eigenvalue weighted by Crippen LogP contribution is 2.20. The second-order valence-corrected chi connectivity index (χ2v) is 9.14. The van der Waals surface area contributed by atoms with Crippen LogP contribution in [-0.4, -0.2) is 55.8 Å². The first kappa shape index (κ1) is 21.5. The minimum Gasteiger partial charge on any atom is -0.444 e. The van der Waals surface area contributed by atoms with E-state index in [-0.39, 0.29) is 6.09 Å². The first-order valence-electron chi connectivity index (χ1n) is 9.74. The van der Waals surface area contributed by atoms with Gasteiger partial charge in [-0.15, -0.1) is 11.3 Å². The van der Waals surface area contributed by atoms with Crippen LogP contribution >= 0.6 is 11.3 Å². The molecule has 0 aliphatic carbocycles. The van der Waals surface area contributed by atoms with E-state index < -0.39 is 5.60 Å². The Balaban J connectivity index is 1.68. The van der Waals surface area contributed by atoms with E-state index in [2.05, 4.69) is 40.1 Å².